The lowest BCUT2D eigenvalue weighted by Gasteiger charge is -2.12. The largest absolute Gasteiger partial charge is 0.370 e. The molecule has 0 aromatic heterocycles. The molecule has 1 aromatic rings. The van der Waals surface area contributed by atoms with E-state index in [4.69, 9.17) is 11.5 Å². The van der Waals surface area contributed by atoms with Crippen molar-refractivity contribution in [2.45, 2.75) is 12.5 Å². The third-order valence-corrected chi connectivity index (χ3v) is 2.12. The number of benzene rings is 1. The lowest BCUT2D eigenvalue weighted by atomic mass is 10.2. The molecule has 0 spiro atoms. The van der Waals surface area contributed by atoms with Gasteiger partial charge in [-0.05, 0) is 0 Å². The van der Waals surface area contributed by atoms with Crippen LogP contribution in [0.1, 0.15) is 6.42 Å². The number of hydrogen-bond donors (Lipinski definition) is 3. The number of nitrogens with one attached hydrogen (secondary N) is 1. The van der Waals surface area contributed by atoms with Gasteiger partial charge in [0.05, 0.1) is 12.5 Å². The number of anilines is 1. The van der Waals surface area contributed by atoms with E-state index in [2.05, 4.69) is 0 Å². The average molecular weight is 279 g/mol. The number of carbonyl (C=O) groups is 2. The Labute approximate surface area is 104 Å². The molecule has 0 radical (unpaired) electrons. The molecule has 0 aliphatic rings. The maximum atomic E-state index is 13.2. The van der Waals surface area contributed by atoms with E-state index in [1.165, 1.54) is 0 Å². The van der Waals surface area contributed by atoms with Gasteiger partial charge in [0.25, 0.3) is 0 Å². The molecule has 0 saturated carbocycles. The molecule has 0 fully saturated rings. The number of nitrogens with two attached hydrogens (primary N) is 2. The summed E-state index contributed by atoms with van der Waals surface area (Å²) in [5, 5.41) is 1.56. The van der Waals surface area contributed by atoms with E-state index in [9.17, 15) is 27.2 Å². The number of amides is 2. The Balaban J connectivity index is 3.00. The Morgan fingerprint density at radius 2 is 1.63 bits per heavy atom. The Morgan fingerprint density at radius 1 is 1.16 bits per heavy atom. The van der Waals surface area contributed by atoms with E-state index in [1.54, 1.807) is 5.32 Å². The van der Waals surface area contributed by atoms with Gasteiger partial charge in [-0.1, -0.05) is 0 Å². The highest BCUT2D eigenvalue weighted by atomic mass is 19.2. The number of halogens is 4. The van der Waals surface area contributed by atoms with Crippen molar-refractivity contribution in [3.05, 3.63) is 29.3 Å². The minimum atomic E-state index is -1.78. The number of carbonyl (C=O) groups excluding carboxylic acids is 2. The summed E-state index contributed by atoms with van der Waals surface area (Å²) in [6, 6.07) is -1.51. The van der Waals surface area contributed by atoms with Crippen LogP contribution in [0.4, 0.5) is 23.2 Å². The van der Waals surface area contributed by atoms with Crippen molar-refractivity contribution in [1.29, 1.82) is 0 Å². The first kappa shape index (κ1) is 14.9. The zero-order valence-electron chi connectivity index (χ0n) is 9.34. The van der Waals surface area contributed by atoms with Crippen LogP contribution in [0.2, 0.25) is 0 Å². The average Bonchev–Trinajstić information content (AvgIpc) is 2.31. The number of rotatable bonds is 4. The molecule has 5 nitrogen and oxygen atoms in total. The third kappa shape index (κ3) is 3.41. The van der Waals surface area contributed by atoms with Gasteiger partial charge in [-0.2, -0.15) is 0 Å². The van der Waals surface area contributed by atoms with Crippen molar-refractivity contribution in [3.63, 3.8) is 0 Å². The summed E-state index contributed by atoms with van der Waals surface area (Å²) in [5.74, 6) is -9.05. The van der Waals surface area contributed by atoms with Crippen molar-refractivity contribution in [1.82, 2.24) is 0 Å². The van der Waals surface area contributed by atoms with Crippen LogP contribution in [-0.4, -0.2) is 17.9 Å². The van der Waals surface area contributed by atoms with E-state index in [0.717, 1.165) is 0 Å². The molecule has 0 aliphatic heterocycles. The second kappa shape index (κ2) is 5.65. The SMILES string of the molecule is NC(=O)CC(N)C(=O)Nc1c(F)c(F)cc(F)c1F. The first-order valence-corrected chi connectivity index (χ1v) is 4.91. The lowest BCUT2D eigenvalue weighted by Crippen LogP contribution is -2.39. The summed E-state index contributed by atoms with van der Waals surface area (Å²) in [5.41, 5.74) is 8.65. The second-order valence-electron chi connectivity index (χ2n) is 3.61. The molecule has 104 valence electrons. The minimum Gasteiger partial charge on any atom is -0.370 e. The van der Waals surface area contributed by atoms with Gasteiger partial charge in [-0.25, -0.2) is 17.6 Å². The molecule has 9 heteroatoms. The molecule has 5 N–H and O–H groups in total. The molecule has 0 saturated heterocycles. The molecule has 1 rings (SSSR count). The maximum absolute atomic E-state index is 13.2. The van der Waals surface area contributed by atoms with Gasteiger partial charge >= 0.3 is 0 Å². The molecular weight excluding hydrogens is 270 g/mol. The first-order chi connectivity index (χ1) is 8.73. The first-order valence-electron chi connectivity index (χ1n) is 4.91. The fourth-order valence-electron chi connectivity index (χ4n) is 1.21. The van der Waals surface area contributed by atoms with E-state index in [0.29, 0.717) is 0 Å². The quantitative estimate of drug-likeness (QED) is 0.549. The van der Waals surface area contributed by atoms with E-state index >= 15 is 0 Å². The molecule has 0 heterocycles. The molecule has 1 atom stereocenters. The van der Waals surface area contributed by atoms with Crippen LogP contribution < -0.4 is 16.8 Å². The number of primary amides is 1. The second-order valence-corrected chi connectivity index (χ2v) is 3.61. The number of hydrogen-bond acceptors (Lipinski definition) is 3. The van der Waals surface area contributed by atoms with Gasteiger partial charge in [0.2, 0.25) is 11.8 Å². The highest BCUT2D eigenvalue weighted by Crippen LogP contribution is 2.24. The lowest BCUT2D eigenvalue weighted by molar-refractivity contribution is -0.123. The zero-order chi connectivity index (χ0) is 14.7. The molecular formula is C10H9F4N3O2. The van der Waals surface area contributed by atoms with Gasteiger partial charge in [0, 0.05) is 6.07 Å². The molecule has 2 amide bonds. The summed E-state index contributed by atoms with van der Waals surface area (Å²) in [7, 11) is 0. The zero-order valence-corrected chi connectivity index (χ0v) is 9.34. The Morgan fingerprint density at radius 3 is 2.05 bits per heavy atom. The summed E-state index contributed by atoms with van der Waals surface area (Å²) >= 11 is 0. The summed E-state index contributed by atoms with van der Waals surface area (Å²) in [6.07, 6.45) is -0.590. The topological polar surface area (TPSA) is 98.2 Å². The van der Waals surface area contributed by atoms with E-state index in [1.807, 2.05) is 0 Å². The Kier molecular flexibility index (Phi) is 4.43. The molecule has 0 aliphatic carbocycles. The van der Waals surface area contributed by atoms with Gasteiger partial charge in [0.1, 0.15) is 5.69 Å². The maximum Gasteiger partial charge on any atom is 0.241 e. The highest BCUT2D eigenvalue weighted by Gasteiger charge is 2.23. The van der Waals surface area contributed by atoms with Crippen molar-refractivity contribution >= 4 is 17.5 Å². The van der Waals surface area contributed by atoms with Gasteiger partial charge in [-0.15, -0.1) is 0 Å². The van der Waals surface area contributed by atoms with Crippen LogP contribution in [0.15, 0.2) is 6.07 Å². The molecule has 0 bridgehead atoms. The highest BCUT2D eigenvalue weighted by molar-refractivity contribution is 5.97. The Hall–Kier alpha value is -2.16. The van der Waals surface area contributed by atoms with Crippen LogP contribution in [0, 0.1) is 23.3 Å². The molecule has 19 heavy (non-hydrogen) atoms. The van der Waals surface area contributed by atoms with Crippen molar-refractivity contribution in [2.75, 3.05) is 5.32 Å². The van der Waals surface area contributed by atoms with Crippen LogP contribution in [0.3, 0.4) is 0 Å². The minimum absolute atomic E-state index is 0.0103. The predicted molar refractivity (Wildman–Crippen MR) is 56.7 cm³/mol. The monoisotopic (exact) mass is 279 g/mol. The van der Waals surface area contributed by atoms with Gasteiger partial charge in [-0.3, -0.25) is 9.59 Å². The fourth-order valence-corrected chi connectivity index (χ4v) is 1.21. The standard InChI is InChI=1S/C10H9F4N3O2/c11-3-1-4(12)8(14)9(7(3)13)17-10(19)5(15)2-6(16)18/h1,5H,2,15H2,(H2,16,18)(H,17,19). The van der Waals surface area contributed by atoms with Crippen molar-refractivity contribution < 1.29 is 27.2 Å². The van der Waals surface area contributed by atoms with Crippen LogP contribution >= 0.6 is 0 Å². The predicted octanol–water partition coefficient (Wildman–Crippen LogP) is 0.384. The van der Waals surface area contributed by atoms with Crippen molar-refractivity contribution in [3.8, 4) is 0 Å². The van der Waals surface area contributed by atoms with Gasteiger partial charge < -0.3 is 16.8 Å². The summed E-state index contributed by atoms with van der Waals surface area (Å²) in [4.78, 5) is 21.9. The Bertz CT molecular complexity index is 510. The van der Waals surface area contributed by atoms with Gasteiger partial charge in [0.15, 0.2) is 23.3 Å². The van der Waals surface area contributed by atoms with Crippen LogP contribution in [0.25, 0.3) is 0 Å². The van der Waals surface area contributed by atoms with Crippen LogP contribution in [-0.2, 0) is 9.59 Å². The third-order valence-electron chi connectivity index (χ3n) is 2.12. The summed E-state index contributed by atoms with van der Waals surface area (Å²) in [6.45, 7) is 0. The molecule has 1 aromatic carbocycles. The van der Waals surface area contributed by atoms with Crippen molar-refractivity contribution in [2.24, 2.45) is 11.5 Å². The summed E-state index contributed by atoms with van der Waals surface area (Å²) < 4.78 is 52.1. The normalized spacial score (nSPS) is 12.1. The molecule has 1 unspecified atom stereocenters. The van der Waals surface area contributed by atoms with E-state index < -0.39 is 53.2 Å². The van der Waals surface area contributed by atoms with Crippen LogP contribution in [0.5, 0.6) is 0 Å². The smallest absolute Gasteiger partial charge is 0.241 e. The van der Waals surface area contributed by atoms with E-state index in [-0.39, 0.29) is 6.07 Å². The fraction of sp³-hybridized carbons (Fsp3) is 0.200.